The lowest BCUT2D eigenvalue weighted by atomic mass is 9.79. The van der Waals surface area contributed by atoms with E-state index in [1.165, 1.54) is 6.33 Å². The first-order valence-corrected chi connectivity index (χ1v) is 7.61. The minimum Gasteiger partial charge on any atom is -0.382 e. The number of aliphatic hydroxyl groups is 1. The number of fused-ring (bicyclic) bond motifs is 1. The molecule has 2 heterocycles. The van der Waals surface area contributed by atoms with E-state index in [0.717, 1.165) is 12.8 Å². The van der Waals surface area contributed by atoms with E-state index in [9.17, 15) is 5.11 Å². The van der Waals surface area contributed by atoms with Gasteiger partial charge in [-0.2, -0.15) is 5.26 Å². The van der Waals surface area contributed by atoms with Crippen LogP contribution < -0.4 is 5.73 Å². The lowest BCUT2D eigenvalue weighted by Gasteiger charge is -2.30. The summed E-state index contributed by atoms with van der Waals surface area (Å²) in [5.74, 6) is 6.66. The van der Waals surface area contributed by atoms with Crippen LogP contribution in [0.4, 0.5) is 5.82 Å². The average Bonchev–Trinajstić information content (AvgIpc) is 2.89. The molecule has 1 fully saturated rings. The highest BCUT2D eigenvalue weighted by Gasteiger charge is 2.30. The molecule has 1 aliphatic carbocycles. The average molecular weight is 310 g/mol. The number of nitriles is 1. The van der Waals surface area contributed by atoms with E-state index in [0.29, 0.717) is 29.9 Å². The van der Waals surface area contributed by atoms with Gasteiger partial charge in [-0.3, -0.25) is 0 Å². The van der Waals surface area contributed by atoms with Crippen LogP contribution in [0, 0.1) is 29.1 Å². The molecule has 2 unspecified atom stereocenters. The Morgan fingerprint density at radius 3 is 3.09 bits per heavy atom. The van der Waals surface area contributed by atoms with Gasteiger partial charge in [-0.25, -0.2) is 15.0 Å². The largest absolute Gasteiger partial charge is 0.382 e. The number of hydrogen-bond acceptors (Lipinski definition) is 6. The molecule has 0 spiro atoms. The van der Waals surface area contributed by atoms with Gasteiger partial charge in [0.15, 0.2) is 11.5 Å². The maximum absolute atomic E-state index is 10.6. The maximum Gasteiger partial charge on any atom is 0.209 e. The second-order valence-electron chi connectivity index (χ2n) is 6.12. The minimum absolute atomic E-state index is 0.126. The van der Waals surface area contributed by atoms with Crippen molar-refractivity contribution in [3.8, 4) is 17.9 Å². The van der Waals surface area contributed by atoms with Crippen LogP contribution in [0.2, 0.25) is 0 Å². The Kier molecular flexibility index (Phi) is 3.89. The molecule has 0 aliphatic heterocycles. The second kappa shape index (κ2) is 5.86. The molecule has 3 rings (SSSR count). The van der Waals surface area contributed by atoms with E-state index in [2.05, 4.69) is 33.7 Å². The van der Waals surface area contributed by atoms with Crippen molar-refractivity contribution in [2.75, 3.05) is 5.73 Å². The molecule has 3 N–H and O–H groups in total. The van der Waals surface area contributed by atoms with E-state index in [1.54, 1.807) is 4.57 Å². The van der Waals surface area contributed by atoms with Gasteiger partial charge in [-0.15, -0.1) is 0 Å². The topological polar surface area (TPSA) is 114 Å². The summed E-state index contributed by atoms with van der Waals surface area (Å²) in [6.45, 7) is 2.24. The van der Waals surface area contributed by atoms with E-state index >= 15 is 0 Å². The Morgan fingerprint density at radius 2 is 2.35 bits per heavy atom. The SMILES string of the molecule is CC1CCCC(O)(C#Cc2nc(N)c3ncn(CC#N)c3n2)C1. The Balaban J connectivity index is 1.96. The highest BCUT2D eigenvalue weighted by atomic mass is 16.3. The molecule has 2 aromatic rings. The Labute approximate surface area is 134 Å². The van der Waals surface area contributed by atoms with Crippen LogP contribution in [0.3, 0.4) is 0 Å². The lowest BCUT2D eigenvalue weighted by Crippen LogP contribution is -2.32. The van der Waals surface area contributed by atoms with Crippen LogP contribution in [0.15, 0.2) is 6.33 Å². The number of nitrogens with zero attached hydrogens (tertiary/aromatic N) is 5. The van der Waals surface area contributed by atoms with Crippen LogP contribution in [-0.2, 0) is 6.54 Å². The van der Waals surface area contributed by atoms with E-state index < -0.39 is 5.60 Å². The number of aromatic nitrogens is 4. The lowest BCUT2D eigenvalue weighted by molar-refractivity contribution is 0.0410. The van der Waals surface area contributed by atoms with Gasteiger partial charge in [0.1, 0.15) is 17.7 Å². The summed E-state index contributed by atoms with van der Waals surface area (Å²) < 4.78 is 1.59. The molecule has 0 bridgehead atoms. The third kappa shape index (κ3) is 3.10. The van der Waals surface area contributed by atoms with Crippen LogP contribution in [0.1, 0.15) is 38.4 Å². The molecular formula is C16H18N6O. The van der Waals surface area contributed by atoms with Gasteiger partial charge in [-0.1, -0.05) is 19.3 Å². The molecule has 0 saturated heterocycles. The summed E-state index contributed by atoms with van der Waals surface area (Å²) in [4.78, 5) is 12.6. The van der Waals surface area contributed by atoms with Crippen molar-refractivity contribution >= 4 is 17.0 Å². The second-order valence-corrected chi connectivity index (χ2v) is 6.12. The number of hydrogen-bond donors (Lipinski definition) is 2. The van der Waals surface area contributed by atoms with Crippen molar-refractivity contribution in [1.82, 2.24) is 19.5 Å². The minimum atomic E-state index is -0.988. The van der Waals surface area contributed by atoms with Crippen molar-refractivity contribution in [2.45, 2.75) is 44.8 Å². The number of nitrogens with two attached hydrogens (primary N) is 1. The van der Waals surface area contributed by atoms with Crippen molar-refractivity contribution in [3.05, 3.63) is 12.2 Å². The fourth-order valence-corrected chi connectivity index (χ4v) is 3.02. The van der Waals surface area contributed by atoms with Crippen LogP contribution >= 0.6 is 0 Å². The van der Waals surface area contributed by atoms with Gasteiger partial charge >= 0.3 is 0 Å². The van der Waals surface area contributed by atoms with E-state index in [1.807, 2.05) is 6.07 Å². The summed E-state index contributed by atoms with van der Waals surface area (Å²) in [5, 5.41) is 19.4. The van der Waals surface area contributed by atoms with E-state index in [4.69, 9.17) is 11.0 Å². The summed E-state index contributed by atoms with van der Waals surface area (Å²) in [7, 11) is 0. The quantitative estimate of drug-likeness (QED) is 0.766. The molecule has 7 heteroatoms. The molecule has 23 heavy (non-hydrogen) atoms. The van der Waals surface area contributed by atoms with Gasteiger partial charge in [0, 0.05) is 0 Å². The molecule has 7 nitrogen and oxygen atoms in total. The van der Waals surface area contributed by atoms with Gasteiger partial charge in [0.2, 0.25) is 5.82 Å². The first-order chi connectivity index (χ1) is 11.0. The standard InChI is InChI=1S/C16H18N6O/c1-11-3-2-5-16(23,9-11)6-4-12-20-14(18)13-15(21-12)22(8-7-17)10-19-13/h10-11,23H,2-3,5,8-9H2,1H3,(H2,18,20,21). The molecule has 2 aromatic heterocycles. The molecule has 118 valence electrons. The molecule has 1 saturated carbocycles. The van der Waals surface area contributed by atoms with Gasteiger partial charge in [0.25, 0.3) is 0 Å². The van der Waals surface area contributed by atoms with Gasteiger partial charge in [0.05, 0.1) is 12.4 Å². The fraction of sp³-hybridized carbons (Fsp3) is 0.500. The van der Waals surface area contributed by atoms with Crippen molar-refractivity contribution in [2.24, 2.45) is 5.92 Å². The molecule has 0 aromatic carbocycles. The predicted octanol–water partition coefficient (Wildman–Crippen LogP) is 1.22. The number of nitrogen functional groups attached to an aromatic ring is 1. The fourth-order valence-electron chi connectivity index (χ4n) is 3.02. The molecular weight excluding hydrogens is 292 g/mol. The van der Waals surface area contributed by atoms with Crippen LogP contribution in [-0.4, -0.2) is 30.2 Å². The van der Waals surface area contributed by atoms with Gasteiger partial charge < -0.3 is 15.4 Å². The Hall–Kier alpha value is -2.64. The van der Waals surface area contributed by atoms with E-state index in [-0.39, 0.29) is 18.2 Å². The highest BCUT2D eigenvalue weighted by molar-refractivity contribution is 5.82. The number of rotatable bonds is 1. The summed E-state index contributed by atoms with van der Waals surface area (Å²) in [6.07, 6.45) is 4.90. The van der Waals surface area contributed by atoms with Crippen LogP contribution in [0.5, 0.6) is 0 Å². The first kappa shape index (κ1) is 15.3. The molecule has 0 amide bonds. The van der Waals surface area contributed by atoms with Crippen molar-refractivity contribution < 1.29 is 5.11 Å². The molecule has 1 aliphatic rings. The Morgan fingerprint density at radius 1 is 1.52 bits per heavy atom. The third-order valence-electron chi connectivity index (χ3n) is 4.11. The first-order valence-electron chi connectivity index (χ1n) is 7.61. The predicted molar refractivity (Wildman–Crippen MR) is 84.8 cm³/mol. The number of imidazole rings is 1. The highest BCUT2D eigenvalue weighted by Crippen LogP contribution is 2.31. The summed E-state index contributed by atoms with van der Waals surface area (Å²) in [5.41, 5.74) is 5.84. The smallest absolute Gasteiger partial charge is 0.209 e. The zero-order valence-electron chi connectivity index (χ0n) is 13.0. The van der Waals surface area contributed by atoms with Crippen LogP contribution in [0.25, 0.3) is 11.2 Å². The van der Waals surface area contributed by atoms with Crippen molar-refractivity contribution in [3.63, 3.8) is 0 Å². The van der Waals surface area contributed by atoms with Gasteiger partial charge in [-0.05, 0) is 31.1 Å². The third-order valence-corrected chi connectivity index (χ3v) is 4.11. The van der Waals surface area contributed by atoms with Crippen molar-refractivity contribution in [1.29, 1.82) is 5.26 Å². The monoisotopic (exact) mass is 310 g/mol. The summed E-state index contributed by atoms with van der Waals surface area (Å²) >= 11 is 0. The summed E-state index contributed by atoms with van der Waals surface area (Å²) in [6, 6.07) is 2.04. The normalized spacial score (nSPS) is 24.0. The number of anilines is 1. The maximum atomic E-state index is 10.6. The zero-order valence-corrected chi connectivity index (χ0v) is 13.0. The zero-order chi connectivity index (χ0) is 16.4. The molecule has 2 atom stereocenters. The Bertz CT molecular complexity index is 840. The molecule has 0 radical (unpaired) electrons.